The molecule has 2 unspecified atom stereocenters. The maximum Gasteiger partial charge on any atom is 0.212 e. The minimum atomic E-state index is -2.57. The number of pyridine rings is 3. The highest BCUT2D eigenvalue weighted by molar-refractivity contribution is 5.87. The molecule has 8 heterocycles. The van der Waals surface area contributed by atoms with Gasteiger partial charge in [0, 0.05) is 94.5 Å². The largest absolute Gasteiger partial charge is 0.481 e. The summed E-state index contributed by atoms with van der Waals surface area (Å²) >= 11 is 0. The molecule has 10 nitrogen and oxygen atoms in total. The zero-order chi connectivity index (χ0) is 31.9. The molecule has 0 aliphatic carbocycles. The summed E-state index contributed by atoms with van der Waals surface area (Å²) in [5.41, 5.74) is 4.38. The monoisotopic (exact) mass is 523 g/mol. The van der Waals surface area contributed by atoms with Gasteiger partial charge in [0.15, 0.2) is 0 Å². The van der Waals surface area contributed by atoms with Crippen LogP contribution in [0.4, 0.5) is 5.82 Å². The van der Waals surface area contributed by atoms with Crippen molar-refractivity contribution in [2.75, 3.05) is 25.0 Å². The van der Waals surface area contributed by atoms with Gasteiger partial charge in [-0.15, -0.1) is 0 Å². The number of hydrogen-bond acceptors (Lipinski definition) is 8. The first-order valence-corrected chi connectivity index (χ1v) is 12.3. The summed E-state index contributed by atoms with van der Waals surface area (Å²) in [4.78, 5) is 10.7. The van der Waals surface area contributed by atoms with Gasteiger partial charge in [0.2, 0.25) is 5.88 Å². The molecule has 0 spiro atoms. The Morgan fingerprint density at radius 1 is 1.03 bits per heavy atom. The van der Waals surface area contributed by atoms with Crippen molar-refractivity contribution < 1.29 is 13.0 Å². The third kappa shape index (κ3) is 4.08. The van der Waals surface area contributed by atoms with Gasteiger partial charge in [-0.25, -0.2) is 14.5 Å². The SMILES string of the molecule is [2H]C1([2H])N(c2ccc(-c3cc(-c4cnn(C)c4)cn4ncc(C#N)c34)cn2)C([2H])([2H])C2([2H])CC1([2H])N2Cc1ccc(OC)nc1. The van der Waals surface area contributed by atoms with E-state index in [-0.39, 0.29) is 18.8 Å². The molecule has 0 radical (unpaired) electrons. The number of nitriles is 1. The standard InChI is InChI=1S/C29H27N9O/c1-35-15-23(13-33-35)21-7-26(29-22(9-30)12-34-38(29)16-21)20-4-5-27(31-11-20)36-17-24-8-25(18-36)37(24)14-19-3-6-28(39-2)32-10-19/h3-7,10-13,15-16,24-25H,8,14,17-18H2,1-2H3/i17D2,18D2,24D,25D. The third-order valence-electron chi connectivity index (χ3n) is 6.87. The van der Waals surface area contributed by atoms with Crippen LogP contribution in [0.3, 0.4) is 0 Å². The van der Waals surface area contributed by atoms with Gasteiger partial charge >= 0.3 is 0 Å². The van der Waals surface area contributed by atoms with Crippen LogP contribution in [0, 0.1) is 11.3 Å². The van der Waals surface area contributed by atoms with Gasteiger partial charge in [0.1, 0.15) is 11.9 Å². The van der Waals surface area contributed by atoms with Crippen LogP contribution in [0.25, 0.3) is 27.8 Å². The Morgan fingerprint density at radius 2 is 1.90 bits per heavy atom. The van der Waals surface area contributed by atoms with Crippen molar-refractivity contribution in [3.05, 3.63) is 78.6 Å². The van der Waals surface area contributed by atoms with Crippen LogP contribution in [-0.4, -0.2) is 66.4 Å². The molecule has 5 aromatic rings. The van der Waals surface area contributed by atoms with Gasteiger partial charge in [-0.05, 0) is 30.2 Å². The van der Waals surface area contributed by atoms with Crippen molar-refractivity contribution in [2.24, 2.45) is 7.05 Å². The number of piperazine rings is 1. The van der Waals surface area contributed by atoms with Gasteiger partial charge in [-0.1, -0.05) is 6.07 Å². The second-order valence-electron chi connectivity index (χ2n) is 9.34. The Balaban J connectivity index is 1.27. The van der Waals surface area contributed by atoms with Crippen LogP contribution in [0.1, 0.15) is 25.8 Å². The summed E-state index contributed by atoms with van der Waals surface area (Å²) in [6.45, 7) is -5.18. The predicted molar refractivity (Wildman–Crippen MR) is 146 cm³/mol. The lowest BCUT2D eigenvalue weighted by atomic mass is 9.87. The van der Waals surface area contributed by atoms with Gasteiger partial charge in [-0.2, -0.15) is 15.5 Å². The van der Waals surface area contributed by atoms with E-state index >= 15 is 0 Å². The Labute approximate surface area is 234 Å². The molecule has 2 atom stereocenters. The fourth-order valence-electron chi connectivity index (χ4n) is 4.85. The molecule has 10 heteroatoms. The van der Waals surface area contributed by atoms with E-state index in [9.17, 15) is 5.26 Å². The number of nitrogens with zero attached hydrogens (tertiary/aromatic N) is 9. The molecular formula is C29H27N9O. The number of ether oxygens (including phenoxy) is 1. The van der Waals surface area contributed by atoms with E-state index in [4.69, 9.17) is 13.0 Å². The molecule has 3 aliphatic rings. The molecule has 39 heavy (non-hydrogen) atoms. The molecule has 5 aromatic heterocycles. The minimum absolute atomic E-state index is 0.0426. The van der Waals surface area contributed by atoms with Crippen LogP contribution < -0.4 is 9.64 Å². The average Bonchev–Trinajstić information content (AvgIpc) is 3.65. The lowest BCUT2D eigenvalue weighted by Gasteiger charge is -2.56. The van der Waals surface area contributed by atoms with Crippen LogP contribution in [-0.2, 0) is 13.6 Å². The van der Waals surface area contributed by atoms with Gasteiger partial charge in [0.05, 0.1) is 36.1 Å². The molecule has 3 saturated heterocycles. The Morgan fingerprint density at radius 3 is 2.56 bits per heavy atom. The Kier molecular flexibility index (Phi) is 4.18. The summed E-state index contributed by atoms with van der Waals surface area (Å²) in [5, 5.41) is 18.4. The van der Waals surface area contributed by atoms with Crippen LogP contribution in [0.5, 0.6) is 5.88 Å². The maximum absolute atomic E-state index is 9.76. The highest BCUT2D eigenvalue weighted by Crippen LogP contribution is 2.37. The van der Waals surface area contributed by atoms with E-state index in [2.05, 4.69) is 26.2 Å². The number of aryl methyl sites for hydroxylation is 1. The van der Waals surface area contributed by atoms with E-state index in [0.29, 0.717) is 33.7 Å². The first kappa shape index (κ1) is 17.7. The fraction of sp³-hybridized carbons (Fsp3) is 0.276. The maximum atomic E-state index is 9.76. The minimum Gasteiger partial charge on any atom is -0.481 e. The number of hydrogen-bond donors (Lipinski definition) is 0. The molecule has 3 aliphatic heterocycles. The van der Waals surface area contributed by atoms with Crippen molar-refractivity contribution in [1.82, 2.24) is 34.3 Å². The van der Waals surface area contributed by atoms with Crippen LogP contribution in [0.15, 0.2) is 67.5 Å². The molecule has 0 aromatic carbocycles. The molecule has 0 saturated carbocycles. The van der Waals surface area contributed by atoms with Crippen molar-refractivity contribution in [3.8, 4) is 34.2 Å². The van der Waals surface area contributed by atoms with E-state index in [1.165, 1.54) is 36.7 Å². The van der Waals surface area contributed by atoms with Gasteiger partial charge in [0.25, 0.3) is 0 Å². The molecule has 0 amide bonds. The van der Waals surface area contributed by atoms with E-state index in [1.54, 1.807) is 39.8 Å². The smallest absolute Gasteiger partial charge is 0.212 e. The summed E-state index contributed by atoms with van der Waals surface area (Å²) in [5.74, 6) is 0.331. The molecule has 2 bridgehead atoms. The molecule has 194 valence electrons. The second-order valence-corrected chi connectivity index (χ2v) is 9.34. The van der Waals surface area contributed by atoms with E-state index in [0.717, 1.165) is 16.0 Å². The van der Waals surface area contributed by atoms with Crippen molar-refractivity contribution in [1.29, 1.82) is 5.26 Å². The van der Waals surface area contributed by atoms with Crippen molar-refractivity contribution in [2.45, 2.75) is 25.0 Å². The Hall–Kier alpha value is -4.75. The molecular weight excluding hydrogens is 490 g/mol. The van der Waals surface area contributed by atoms with Crippen molar-refractivity contribution in [3.63, 3.8) is 0 Å². The summed E-state index contributed by atoms with van der Waals surface area (Å²) in [7, 11) is 3.30. The highest BCUT2D eigenvalue weighted by Gasteiger charge is 2.44. The van der Waals surface area contributed by atoms with E-state index in [1.807, 2.05) is 19.3 Å². The van der Waals surface area contributed by atoms with Crippen LogP contribution >= 0.6 is 0 Å². The van der Waals surface area contributed by atoms with Crippen LogP contribution in [0.2, 0.25) is 0 Å². The number of fused-ring (bicyclic) bond motifs is 3. The summed E-state index contributed by atoms with van der Waals surface area (Å²) < 4.78 is 62.9. The number of methoxy groups -OCH3 is 1. The first-order chi connectivity index (χ1) is 21.3. The predicted octanol–water partition coefficient (Wildman–Crippen LogP) is 3.54. The Bertz CT molecular complexity index is 1960. The van der Waals surface area contributed by atoms with Gasteiger partial charge in [-0.3, -0.25) is 9.58 Å². The van der Waals surface area contributed by atoms with Crippen molar-refractivity contribution >= 4 is 11.3 Å². The summed E-state index contributed by atoms with van der Waals surface area (Å²) in [6.07, 6.45) is 9.51. The van der Waals surface area contributed by atoms with E-state index < -0.39 is 25.0 Å². The first-order valence-electron chi connectivity index (χ1n) is 15.3. The number of aromatic nitrogens is 6. The zero-order valence-corrected chi connectivity index (χ0v) is 21.2. The lowest BCUT2D eigenvalue weighted by Crippen LogP contribution is -2.68. The topological polar surface area (TPSA) is 100 Å². The quantitative estimate of drug-likeness (QED) is 0.333. The van der Waals surface area contributed by atoms with Gasteiger partial charge < -0.3 is 9.64 Å². The normalized spacial score (nSPS) is 27.3. The zero-order valence-electron chi connectivity index (χ0n) is 27.2. The fourth-order valence-corrected chi connectivity index (χ4v) is 4.85. The average molecular weight is 524 g/mol. The third-order valence-corrected chi connectivity index (χ3v) is 6.87. The second kappa shape index (κ2) is 9.22. The highest BCUT2D eigenvalue weighted by atomic mass is 16.5. The lowest BCUT2D eigenvalue weighted by molar-refractivity contribution is -0.00876. The number of rotatable bonds is 6. The molecule has 8 rings (SSSR count). The summed E-state index contributed by atoms with van der Waals surface area (Å²) in [6, 6.07) is 6.66. The number of piperidine rings is 1. The molecule has 3 fully saturated rings. The number of anilines is 1. The molecule has 0 N–H and O–H groups in total.